The zero-order chi connectivity index (χ0) is 57.1. The number of aromatic nitrogens is 12. The molecule has 0 bridgehead atoms. The van der Waals surface area contributed by atoms with Gasteiger partial charge in [-0.2, -0.15) is 15.3 Å². The highest BCUT2D eigenvalue weighted by molar-refractivity contribution is 5.91. The van der Waals surface area contributed by atoms with Gasteiger partial charge in [0, 0.05) is 102 Å². The number of hydrogen-bond donors (Lipinski definition) is 9. The molecule has 9 N–H and O–H groups in total. The van der Waals surface area contributed by atoms with Crippen LogP contribution in [0.4, 0.5) is 30.6 Å². The SMILES string of the molecule is CCC(C)(O)C1CN(c2ccc(F)c(-c3[nH]nc4ncccc34)n2)CCN1.CCC(C)(O)C1CN(c2ccc(F)c(-c3[nH]nc4ncccc34)n2)CCN1.CCC(C)(O)C1CN(c2ccc(F)c(-c3[nH]nc4ncccc34)n2)CCN1.[HH].[HH].[HH].[HH].[HH].[HH]. The first-order valence-corrected chi connectivity index (χ1v) is 27.5. The van der Waals surface area contributed by atoms with Gasteiger partial charge in [-0.25, -0.2) is 43.1 Å². The molecule has 21 nitrogen and oxygen atoms in total. The number of rotatable bonds is 12. The fourth-order valence-corrected chi connectivity index (χ4v) is 10.3. The van der Waals surface area contributed by atoms with Crippen molar-refractivity contribution >= 4 is 50.6 Å². The smallest absolute Gasteiger partial charge is 0.181 e. The van der Waals surface area contributed by atoms with Crippen LogP contribution < -0.4 is 30.7 Å². The van der Waals surface area contributed by atoms with Gasteiger partial charge < -0.3 is 46.0 Å². The number of aliphatic hydroxyl groups is 3. The van der Waals surface area contributed by atoms with Crippen LogP contribution in [0.5, 0.6) is 0 Å². The Morgan fingerprint density at radius 1 is 0.469 bits per heavy atom. The molecule has 6 atom stereocenters. The van der Waals surface area contributed by atoms with Crippen LogP contribution in [0.2, 0.25) is 0 Å². The Balaban J connectivity index is 0.000000270. The van der Waals surface area contributed by atoms with Gasteiger partial charge in [-0.1, -0.05) is 20.8 Å². The lowest BCUT2D eigenvalue weighted by Crippen LogP contribution is -2.60. The fraction of sp³-hybridized carbons (Fsp3) is 0.421. The summed E-state index contributed by atoms with van der Waals surface area (Å²) in [6.45, 7) is 17.6. The maximum atomic E-state index is 14.5. The molecule has 3 aliphatic rings. The molecule has 3 aliphatic heterocycles. The molecular formula is C57H81F3N18O3. The predicted octanol–water partition coefficient (Wildman–Crippen LogP) is 7.77. The van der Waals surface area contributed by atoms with E-state index in [2.05, 4.69) is 91.1 Å². The third-order valence-corrected chi connectivity index (χ3v) is 16.1. The van der Waals surface area contributed by atoms with Crippen molar-refractivity contribution < 1.29 is 37.1 Å². The van der Waals surface area contributed by atoms with E-state index in [1.165, 1.54) is 18.2 Å². The maximum absolute atomic E-state index is 14.5. The molecule has 3 fully saturated rings. The van der Waals surface area contributed by atoms with Crippen molar-refractivity contribution in [3.63, 3.8) is 0 Å². The molecule has 438 valence electrons. The highest BCUT2D eigenvalue weighted by Gasteiger charge is 2.37. The van der Waals surface area contributed by atoms with Gasteiger partial charge in [-0.15, -0.1) is 0 Å². The van der Waals surface area contributed by atoms with E-state index < -0.39 is 34.3 Å². The van der Waals surface area contributed by atoms with Crippen molar-refractivity contribution in [2.75, 3.05) is 73.6 Å². The van der Waals surface area contributed by atoms with Crippen molar-refractivity contribution in [2.45, 2.75) is 95.7 Å². The van der Waals surface area contributed by atoms with E-state index >= 15 is 0 Å². The summed E-state index contributed by atoms with van der Waals surface area (Å²) >= 11 is 0. The predicted molar refractivity (Wildman–Crippen MR) is 319 cm³/mol. The fourth-order valence-electron chi connectivity index (χ4n) is 10.3. The first-order valence-electron chi connectivity index (χ1n) is 27.5. The second-order valence-corrected chi connectivity index (χ2v) is 21.4. The van der Waals surface area contributed by atoms with E-state index in [1.807, 2.05) is 59.7 Å². The highest BCUT2D eigenvalue weighted by Crippen LogP contribution is 2.33. The maximum Gasteiger partial charge on any atom is 0.181 e. The van der Waals surface area contributed by atoms with Gasteiger partial charge in [-0.05, 0) is 113 Å². The van der Waals surface area contributed by atoms with Crippen LogP contribution >= 0.6 is 0 Å². The number of nitrogens with one attached hydrogen (secondary N) is 6. The van der Waals surface area contributed by atoms with Crippen LogP contribution in [-0.2, 0) is 0 Å². The van der Waals surface area contributed by atoms with Crippen LogP contribution in [0.3, 0.4) is 0 Å². The van der Waals surface area contributed by atoms with Gasteiger partial charge in [0.05, 0.1) is 52.0 Å². The van der Waals surface area contributed by atoms with E-state index in [-0.39, 0.29) is 43.8 Å². The minimum absolute atomic E-state index is 0. The van der Waals surface area contributed by atoms with Crippen LogP contribution in [0.15, 0.2) is 91.4 Å². The number of anilines is 3. The van der Waals surface area contributed by atoms with Crippen LogP contribution in [0.1, 0.15) is 69.4 Å². The van der Waals surface area contributed by atoms with E-state index in [0.29, 0.717) is 90.4 Å². The summed E-state index contributed by atoms with van der Waals surface area (Å²) in [5.41, 5.74) is 1.37. The number of pyridine rings is 6. The summed E-state index contributed by atoms with van der Waals surface area (Å²) in [6, 6.07) is 20.0. The summed E-state index contributed by atoms with van der Waals surface area (Å²) in [5.74, 6) is 0.783. The molecule has 12 rings (SSSR count). The molecule has 24 heteroatoms. The molecule has 6 unspecified atom stereocenters. The van der Waals surface area contributed by atoms with Crippen molar-refractivity contribution in [1.29, 1.82) is 0 Å². The van der Waals surface area contributed by atoms with Crippen molar-refractivity contribution in [3.05, 3.63) is 109 Å². The molecule has 81 heavy (non-hydrogen) atoms. The Morgan fingerprint density at radius 3 is 1.02 bits per heavy atom. The Bertz CT molecular complexity index is 3270. The second-order valence-electron chi connectivity index (χ2n) is 21.4. The van der Waals surface area contributed by atoms with Crippen molar-refractivity contribution in [3.8, 4) is 34.2 Å². The highest BCUT2D eigenvalue weighted by atomic mass is 19.1. The van der Waals surface area contributed by atoms with Crippen LogP contribution in [-0.4, -0.2) is 170 Å². The lowest BCUT2D eigenvalue weighted by atomic mass is 9.92. The minimum atomic E-state index is -0.813. The summed E-state index contributed by atoms with van der Waals surface area (Å²) in [6.07, 6.45) is 6.88. The second kappa shape index (κ2) is 23.8. The van der Waals surface area contributed by atoms with Gasteiger partial charge in [0.25, 0.3) is 0 Å². The Labute approximate surface area is 475 Å². The summed E-state index contributed by atoms with van der Waals surface area (Å²) in [7, 11) is 0. The monoisotopic (exact) mass is 1120 g/mol. The number of aromatic amines is 3. The lowest BCUT2D eigenvalue weighted by Gasteiger charge is -2.41. The summed E-state index contributed by atoms with van der Waals surface area (Å²) < 4.78 is 43.6. The van der Waals surface area contributed by atoms with E-state index in [1.54, 1.807) is 55.0 Å². The van der Waals surface area contributed by atoms with E-state index in [9.17, 15) is 28.5 Å². The van der Waals surface area contributed by atoms with Gasteiger partial charge in [0.15, 0.2) is 34.4 Å². The topological polar surface area (TPSA) is 270 Å². The molecule has 9 aromatic rings. The van der Waals surface area contributed by atoms with Crippen molar-refractivity contribution in [1.82, 2.24) is 76.4 Å². The molecular weight excluding hydrogens is 1040 g/mol. The zero-order valence-electron chi connectivity index (χ0n) is 46.2. The largest absolute Gasteiger partial charge is 0.388 e. The molecule has 0 radical (unpaired) electrons. The van der Waals surface area contributed by atoms with Gasteiger partial charge in [0.2, 0.25) is 0 Å². The van der Waals surface area contributed by atoms with Crippen LogP contribution in [0, 0.1) is 17.5 Å². The van der Waals surface area contributed by atoms with Gasteiger partial charge in [0.1, 0.15) is 34.5 Å². The molecule has 0 aliphatic carbocycles. The van der Waals surface area contributed by atoms with Gasteiger partial charge >= 0.3 is 0 Å². The number of hydrogen-bond acceptors (Lipinski definition) is 18. The number of piperazine rings is 3. The number of nitrogens with zero attached hydrogens (tertiary/aromatic N) is 12. The number of H-pyrrole nitrogens is 3. The lowest BCUT2D eigenvalue weighted by molar-refractivity contribution is 0.0142. The molecule has 9 aromatic heterocycles. The van der Waals surface area contributed by atoms with E-state index in [4.69, 9.17) is 0 Å². The zero-order valence-corrected chi connectivity index (χ0v) is 46.2. The average Bonchev–Trinajstić information content (AvgIpc) is 3.56. The molecule has 0 saturated carbocycles. The van der Waals surface area contributed by atoms with E-state index in [0.717, 1.165) is 55.4 Å². The van der Waals surface area contributed by atoms with Crippen LogP contribution in [0.25, 0.3) is 67.3 Å². The van der Waals surface area contributed by atoms with Crippen molar-refractivity contribution in [2.24, 2.45) is 0 Å². The Hall–Kier alpha value is -7.74. The molecule has 0 amide bonds. The summed E-state index contributed by atoms with van der Waals surface area (Å²) in [5, 5.41) is 65.0. The standard InChI is InChI=1S/3C19H23FN6O.6H2/c3*1-3-19(2,27)14-11-26(10-9-21-14)15-7-6-13(20)17(23-15)16-12-5-4-8-22-18(12)25-24-16;;;;;;/h3*4-8,14,21,27H,3,9-11H2,1-2H3,(H,22,24,25);6*1H. The third-order valence-electron chi connectivity index (χ3n) is 16.1. The Kier molecular flexibility index (Phi) is 16.6. The molecule has 12 heterocycles. The normalized spacial score (nSPS) is 20.0. The average molecular weight is 1120 g/mol. The third kappa shape index (κ3) is 12.0. The molecule has 3 saturated heterocycles. The quantitative estimate of drug-likeness (QED) is 0.0565. The number of fused-ring (bicyclic) bond motifs is 3. The summed E-state index contributed by atoms with van der Waals surface area (Å²) in [4.78, 5) is 32.5. The Morgan fingerprint density at radius 2 is 0.753 bits per heavy atom. The minimum Gasteiger partial charge on any atom is -0.388 e. The molecule has 0 aromatic carbocycles. The first kappa shape index (κ1) is 56.5. The molecule has 0 spiro atoms. The first-order chi connectivity index (χ1) is 39.0. The number of halogens is 3. The van der Waals surface area contributed by atoms with Gasteiger partial charge in [-0.3, -0.25) is 15.3 Å².